The van der Waals surface area contributed by atoms with Gasteiger partial charge in [-0.1, -0.05) is 26.0 Å². The zero-order valence-electron chi connectivity index (χ0n) is 15.5. The average Bonchev–Trinajstić information content (AvgIpc) is 2.90. The third kappa shape index (κ3) is 2.57. The molecule has 7 nitrogen and oxygen atoms in total. The number of nitrogens with zero attached hydrogens (tertiary/aromatic N) is 1. The van der Waals surface area contributed by atoms with E-state index in [0.29, 0.717) is 12.0 Å². The van der Waals surface area contributed by atoms with Gasteiger partial charge in [0.15, 0.2) is 5.78 Å². The summed E-state index contributed by atoms with van der Waals surface area (Å²) >= 11 is 1.38. The molecule has 1 unspecified atom stereocenters. The first-order valence-electron chi connectivity index (χ1n) is 8.92. The number of carboxylic acids is 1. The standard InChI is InChI=1S/C19H24N2O5S/c1-4-18(3)19(17(25)26,21-15(24)10(2)16(21)27-18)14(23)13(20)9-11-5-7-12(22)8-6-11/h5-8,10,13,16,22H,4,9,20H2,1-3H3,(H,25,26)/t10-,13+,16-,18?,19+/m1/s1. The molecule has 0 aliphatic carbocycles. The van der Waals surface area contributed by atoms with E-state index in [9.17, 15) is 24.6 Å². The quantitative estimate of drug-likeness (QED) is 0.494. The first-order valence-corrected chi connectivity index (χ1v) is 9.80. The normalized spacial score (nSPS) is 33.3. The van der Waals surface area contributed by atoms with E-state index in [1.165, 1.54) is 28.8 Å². The Morgan fingerprint density at radius 1 is 1.33 bits per heavy atom. The number of carboxylic acid groups (broad SMARTS) is 1. The van der Waals surface area contributed by atoms with Crippen LogP contribution in [0.25, 0.3) is 0 Å². The van der Waals surface area contributed by atoms with Crippen molar-refractivity contribution in [2.75, 3.05) is 0 Å². The Labute approximate surface area is 161 Å². The number of benzene rings is 1. The molecule has 1 amide bonds. The van der Waals surface area contributed by atoms with Gasteiger partial charge in [-0.2, -0.15) is 0 Å². The number of phenols is 1. The van der Waals surface area contributed by atoms with E-state index in [-0.39, 0.29) is 29.4 Å². The Balaban J connectivity index is 2.00. The molecular formula is C19H24N2O5S. The fraction of sp³-hybridized carbons (Fsp3) is 0.526. The van der Waals surface area contributed by atoms with Crippen LogP contribution in [0.5, 0.6) is 5.75 Å². The van der Waals surface area contributed by atoms with Crippen molar-refractivity contribution in [3.8, 4) is 5.75 Å². The number of β-lactam (4-membered cyclic amide) rings is 1. The lowest BCUT2D eigenvalue weighted by atomic mass is 9.72. The van der Waals surface area contributed by atoms with Crippen LogP contribution in [0, 0.1) is 5.92 Å². The van der Waals surface area contributed by atoms with Crippen molar-refractivity contribution in [1.29, 1.82) is 0 Å². The Morgan fingerprint density at radius 2 is 1.93 bits per heavy atom. The zero-order chi connectivity index (χ0) is 20.1. The van der Waals surface area contributed by atoms with Crippen molar-refractivity contribution in [2.45, 2.75) is 55.3 Å². The Hall–Kier alpha value is -2.06. The highest BCUT2D eigenvalue weighted by molar-refractivity contribution is 8.01. The number of hydrogen-bond acceptors (Lipinski definition) is 6. The number of fused-ring (bicyclic) bond motifs is 1. The fourth-order valence-electron chi connectivity index (χ4n) is 4.13. The van der Waals surface area contributed by atoms with E-state index in [2.05, 4.69) is 0 Å². The van der Waals surface area contributed by atoms with Gasteiger partial charge >= 0.3 is 5.97 Å². The molecule has 2 heterocycles. The molecule has 2 saturated heterocycles. The van der Waals surface area contributed by atoms with Gasteiger partial charge in [-0.15, -0.1) is 11.8 Å². The second-order valence-electron chi connectivity index (χ2n) is 7.45. The number of rotatable bonds is 6. The highest BCUT2D eigenvalue weighted by atomic mass is 32.2. The van der Waals surface area contributed by atoms with Gasteiger partial charge in [-0.25, -0.2) is 4.79 Å². The van der Waals surface area contributed by atoms with Crippen molar-refractivity contribution in [3.63, 3.8) is 0 Å². The molecule has 8 heteroatoms. The number of nitrogens with two attached hydrogens (primary N) is 1. The first-order chi connectivity index (χ1) is 12.6. The molecule has 1 aromatic carbocycles. The van der Waals surface area contributed by atoms with Crippen LogP contribution in [0.2, 0.25) is 0 Å². The van der Waals surface area contributed by atoms with E-state index in [1.54, 1.807) is 26.0 Å². The topological polar surface area (TPSA) is 121 Å². The minimum atomic E-state index is -1.98. The van der Waals surface area contributed by atoms with E-state index in [1.807, 2.05) is 6.92 Å². The van der Waals surface area contributed by atoms with Crippen molar-refractivity contribution >= 4 is 29.4 Å². The predicted molar refractivity (Wildman–Crippen MR) is 101 cm³/mol. The number of Topliss-reactive ketones (excluding diaryl/α,β-unsaturated/α-hetero) is 1. The molecule has 1 aromatic rings. The van der Waals surface area contributed by atoms with Crippen LogP contribution in [0.1, 0.15) is 32.8 Å². The van der Waals surface area contributed by atoms with Crippen LogP contribution < -0.4 is 5.73 Å². The Bertz CT molecular complexity index is 798. The number of carbonyl (C=O) groups is 3. The van der Waals surface area contributed by atoms with E-state index < -0.39 is 28.1 Å². The van der Waals surface area contributed by atoms with Gasteiger partial charge in [0.25, 0.3) is 0 Å². The molecule has 2 fully saturated rings. The van der Waals surface area contributed by atoms with Crippen molar-refractivity contribution in [1.82, 2.24) is 4.90 Å². The molecule has 146 valence electrons. The lowest BCUT2D eigenvalue weighted by Crippen LogP contribution is -2.75. The zero-order valence-corrected chi connectivity index (χ0v) is 16.3. The molecule has 3 rings (SSSR count). The van der Waals surface area contributed by atoms with Crippen LogP contribution in [-0.2, 0) is 20.8 Å². The van der Waals surface area contributed by atoms with Gasteiger partial charge < -0.3 is 20.8 Å². The van der Waals surface area contributed by atoms with Crippen LogP contribution >= 0.6 is 11.8 Å². The summed E-state index contributed by atoms with van der Waals surface area (Å²) in [5, 5.41) is 19.2. The number of thioether (sulfide) groups is 1. The summed E-state index contributed by atoms with van der Waals surface area (Å²) in [5.41, 5.74) is 4.89. The van der Waals surface area contributed by atoms with Gasteiger partial charge in [0.2, 0.25) is 11.4 Å². The van der Waals surface area contributed by atoms with E-state index in [0.717, 1.165) is 0 Å². The van der Waals surface area contributed by atoms with Gasteiger partial charge in [-0.05, 0) is 37.5 Å². The largest absolute Gasteiger partial charge is 0.508 e. The van der Waals surface area contributed by atoms with Crippen LogP contribution in [0.3, 0.4) is 0 Å². The third-order valence-electron chi connectivity index (χ3n) is 5.89. The molecule has 0 saturated carbocycles. The van der Waals surface area contributed by atoms with Crippen molar-refractivity contribution in [3.05, 3.63) is 29.8 Å². The maximum absolute atomic E-state index is 13.4. The Morgan fingerprint density at radius 3 is 2.44 bits per heavy atom. The third-order valence-corrected chi connectivity index (χ3v) is 7.85. The summed E-state index contributed by atoms with van der Waals surface area (Å²) in [6, 6.07) is 5.16. The first kappa shape index (κ1) is 19.7. The highest BCUT2D eigenvalue weighted by Gasteiger charge is 2.76. The number of carbonyl (C=O) groups excluding carboxylic acids is 2. The Kier molecular flexibility index (Phi) is 4.76. The number of aliphatic carboxylic acids is 1. The number of ketones is 1. The summed E-state index contributed by atoms with van der Waals surface area (Å²) in [7, 11) is 0. The van der Waals surface area contributed by atoms with Gasteiger partial charge in [0.1, 0.15) is 5.75 Å². The van der Waals surface area contributed by atoms with E-state index in [4.69, 9.17) is 5.73 Å². The molecule has 0 radical (unpaired) electrons. The minimum Gasteiger partial charge on any atom is -0.508 e. The molecule has 0 spiro atoms. The van der Waals surface area contributed by atoms with Gasteiger partial charge in [0, 0.05) is 0 Å². The van der Waals surface area contributed by atoms with Crippen LogP contribution in [0.4, 0.5) is 0 Å². The fourth-order valence-corrected chi connectivity index (χ4v) is 5.97. The number of hydrogen-bond donors (Lipinski definition) is 3. The maximum Gasteiger partial charge on any atom is 0.339 e. The number of phenolic OH excluding ortho intramolecular Hbond substituents is 1. The van der Waals surface area contributed by atoms with Gasteiger partial charge in [0.05, 0.1) is 22.1 Å². The molecule has 0 aromatic heterocycles. The minimum absolute atomic E-state index is 0.0920. The monoisotopic (exact) mass is 392 g/mol. The molecule has 2 aliphatic rings. The number of aromatic hydroxyl groups is 1. The second kappa shape index (κ2) is 6.53. The summed E-state index contributed by atoms with van der Waals surface area (Å²) < 4.78 is -0.965. The summed E-state index contributed by atoms with van der Waals surface area (Å²) in [6.07, 6.45) is 0.537. The molecule has 4 N–H and O–H groups in total. The summed E-state index contributed by atoms with van der Waals surface area (Å²) in [6.45, 7) is 5.31. The SMILES string of the molecule is CCC1(C)S[C@@H]2[C@H](C)C(=O)N2[C@]1(C(=O)O)C(=O)[C@@H](N)Cc1ccc(O)cc1. The lowest BCUT2D eigenvalue weighted by molar-refractivity contribution is -0.178. The lowest BCUT2D eigenvalue weighted by Gasteiger charge is -2.49. The molecule has 0 bridgehead atoms. The second-order valence-corrected chi connectivity index (χ2v) is 9.07. The van der Waals surface area contributed by atoms with Crippen molar-refractivity contribution in [2.24, 2.45) is 11.7 Å². The number of amides is 1. The molecule has 27 heavy (non-hydrogen) atoms. The summed E-state index contributed by atoms with van der Waals surface area (Å²) in [5.74, 6) is -2.52. The smallest absolute Gasteiger partial charge is 0.339 e. The molecular weight excluding hydrogens is 368 g/mol. The van der Waals surface area contributed by atoms with Crippen LogP contribution in [0.15, 0.2) is 24.3 Å². The summed E-state index contributed by atoms with van der Waals surface area (Å²) in [4.78, 5) is 39.7. The highest BCUT2D eigenvalue weighted by Crippen LogP contribution is 2.60. The maximum atomic E-state index is 13.4. The van der Waals surface area contributed by atoms with Crippen molar-refractivity contribution < 1.29 is 24.6 Å². The average molecular weight is 392 g/mol. The molecule has 5 atom stereocenters. The molecule has 2 aliphatic heterocycles. The van der Waals surface area contributed by atoms with E-state index >= 15 is 0 Å². The van der Waals surface area contributed by atoms with Gasteiger partial charge in [-0.3, -0.25) is 9.59 Å². The van der Waals surface area contributed by atoms with Crippen LogP contribution in [-0.4, -0.2) is 54.5 Å². The predicted octanol–water partition coefficient (Wildman–Crippen LogP) is 1.37.